The van der Waals surface area contributed by atoms with Gasteiger partial charge in [0, 0.05) is 43.5 Å². The van der Waals surface area contributed by atoms with Gasteiger partial charge >= 0.3 is 0 Å². The van der Waals surface area contributed by atoms with E-state index in [4.69, 9.17) is 16.3 Å². The minimum atomic E-state index is 0.163. The van der Waals surface area contributed by atoms with Crippen molar-refractivity contribution < 1.29 is 9.53 Å². The standard InChI is InChI=1S/C20H27ClN6O2/c21-18-5-3-16(4-6-18)17-2-1-8-26(14-17)20(28)7-9-27-19(22-23-24-27)15-25-10-12-29-13-11-25/h3-6,17H,1-2,7-15H2/t17-/m1/s1. The zero-order valence-corrected chi connectivity index (χ0v) is 17.3. The van der Waals surface area contributed by atoms with E-state index in [2.05, 4.69) is 32.6 Å². The second-order valence-electron chi connectivity index (χ2n) is 7.69. The van der Waals surface area contributed by atoms with Crippen LogP contribution in [0.5, 0.6) is 0 Å². The molecular weight excluding hydrogens is 392 g/mol. The van der Waals surface area contributed by atoms with Gasteiger partial charge in [0.2, 0.25) is 5.91 Å². The Morgan fingerprint density at radius 1 is 1.17 bits per heavy atom. The van der Waals surface area contributed by atoms with Gasteiger partial charge < -0.3 is 9.64 Å². The third kappa shape index (κ3) is 5.32. The summed E-state index contributed by atoms with van der Waals surface area (Å²) in [7, 11) is 0. The van der Waals surface area contributed by atoms with Gasteiger partial charge in [-0.05, 0) is 41.0 Å². The minimum Gasteiger partial charge on any atom is -0.379 e. The van der Waals surface area contributed by atoms with Crippen LogP contribution in [0.2, 0.25) is 5.02 Å². The maximum absolute atomic E-state index is 12.8. The molecule has 0 bridgehead atoms. The summed E-state index contributed by atoms with van der Waals surface area (Å²) in [4.78, 5) is 17.1. The number of aryl methyl sites for hydroxylation is 1. The van der Waals surface area contributed by atoms with Crippen LogP contribution < -0.4 is 0 Å². The lowest BCUT2D eigenvalue weighted by Gasteiger charge is -2.33. The van der Waals surface area contributed by atoms with Gasteiger partial charge in [0.15, 0.2) is 5.82 Å². The number of amides is 1. The third-order valence-electron chi connectivity index (χ3n) is 5.73. The summed E-state index contributed by atoms with van der Waals surface area (Å²) in [6.07, 6.45) is 2.53. The predicted octanol–water partition coefficient (Wildman–Crippen LogP) is 1.96. The first kappa shape index (κ1) is 20.3. The third-order valence-corrected chi connectivity index (χ3v) is 5.98. The number of likely N-dealkylation sites (tertiary alicyclic amines) is 1. The number of hydrogen-bond acceptors (Lipinski definition) is 6. The van der Waals surface area contributed by atoms with Crippen molar-refractivity contribution in [1.29, 1.82) is 0 Å². The number of halogens is 1. The molecule has 2 fully saturated rings. The highest BCUT2D eigenvalue weighted by Crippen LogP contribution is 2.28. The molecule has 2 aliphatic rings. The molecule has 4 rings (SSSR count). The fraction of sp³-hybridized carbons (Fsp3) is 0.600. The number of rotatable bonds is 6. The molecule has 2 aromatic rings. The topological polar surface area (TPSA) is 76.4 Å². The second kappa shape index (κ2) is 9.65. The molecule has 0 spiro atoms. The molecule has 0 saturated carbocycles. The number of nitrogens with zero attached hydrogens (tertiary/aromatic N) is 6. The Balaban J connectivity index is 1.30. The van der Waals surface area contributed by atoms with Gasteiger partial charge in [0.05, 0.1) is 26.3 Å². The fourth-order valence-electron chi connectivity index (χ4n) is 4.04. The van der Waals surface area contributed by atoms with Crippen molar-refractivity contribution in [3.05, 3.63) is 40.7 Å². The number of morpholine rings is 1. The summed E-state index contributed by atoms with van der Waals surface area (Å²) in [5.41, 5.74) is 1.25. The summed E-state index contributed by atoms with van der Waals surface area (Å²) < 4.78 is 7.14. The molecule has 1 aromatic carbocycles. The van der Waals surface area contributed by atoms with E-state index in [1.807, 2.05) is 17.0 Å². The van der Waals surface area contributed by atoms with Crippen LogP contribution in [0.1, 0.15) is 36.6 Å². The van der Waals surface area contributed by atoms with Crippen molar-refractivity contribution in [2.45, 2.75) is 38.3 Å². The van der Waals surface area contributed by atoms with E-state index >= 15 is 0 Å². The molecule has 0 unspecified atom stereocenters. The first-order valence-corrected chi connectivity index (χ1v) is 10.7. The van der Waals surface area contributed by atoms with Gasteiger partial charge in [0.25, 0.3) is 0 Å². The van der Waals surface area contributed by atoms with Gasteiger partial charge in [-0.1, -0.05) is 23.7 Å². The Hall–Kier alpha value is -2.03. The number of tetrazole rings is 1. The van der Waals surface area contributed by atoms with E-state index in [1.165, 1.54) is 5.56 Å². The lowest BCUT2D eigenvalue weighted by molar-refractivity contribution is -0.132. The summed E-state index contributed by atoms with van der Waals surface area (Å²) in [6.45, 7) is 6.02. The SMILES string of the molecule is O=C(CCn1nnnc1CN1CCOCC1)N1CCC[C@@H](c2ccc(Cl)cc2)C1. The van der Waals surface area contributed by atoms with Crippen LogP contribution in [0.15, 0.2) is 24.3 Å². The zero-order chi connectivity index (χ0) is 20.1. The number of carbonyl (C=O) groups is 1. The number of hydrogen-bond donors (Lipinski definition) is 0. The van der Waals surface area contributed by atoms with Crippen LogP contribution >= 0.6 is 11.6 Å². The van der Waals surface area contributed by atoms with Crippen LogP contribution in [0.3, 0.4) is 0 Å². The molecular formula is C20H27ClN6O2. The van der Waals surface area contributed by atoms with Crippen LogP contribution in [0.4, 0.5) is 0 Å². The van der Waals surface area contributed by atoms with E-state index in [1.54, 1.807) is 4.68 Å². The van der Waals surface area contributed by atoms with Gasteiger partial charge in [-0.15, -0.1) is 5.10 Å². The summed E-state index contributed by atoms with van der Waals surface area (Å²) in [5.74, 6) is 1.34. The van der Waals surface area contributed by atoms with E-state index in [0.717, 1.165) is 63.1 Å². The molecule has 2 saturated heterocycles. The fourth-order valence-corrected chi connectivity index (χ4v) is 4.17. The molecule has 1 aromatic heterocycles. The van der Waals surface area contributed by atoms with E-state index in [0.29, 0.717) is 25.4 Å². The Kier molecular flexibility index (Phi) is 6.74. The van der Waals surface area contributed by atoms with Gasteiger partial charge in [-0.25, -0.2) is 4.68 Å². The summed E-state index contributed by atoms with van der Waals surface area (Å²) >= 11 is 6.00. The first-order chi connectivity index (χ1) is 14.2. The van der Waals surface area contributed by atoms with Crippen LogP contribution in [0.25, 0.3) is 0 Å². The lowest BCUT2D eigenvalue weighted by Crippen LogP contribution is -2.39. The maximum atomic E-state index is 12.8. The van der Waals surface area contributed by atoms with Crippen LogP contribution in [-0.4, -0.2) is 75.3 Å². The number of aromatic nitrogens is 4. The van der Waals surface area contributed by atoms with Gasteiger partial charge in [0.1, 0.15) is 0 Å². The Bertz CT molecular complexity index is 806. The van der Waals surface area contributed by atoms with Crippen molar-refractivity contribution >= 4 is 17.5 Å². The van der Waals surface area contributed by atoms with E-state index in [-0.39, 0.29) is 5.91 Å². The molecule has 1 atom stereocenters. The number of carbonyl (C=O) groups excluding carboxylic acids is 1. The average molecular weight is 419 g/mol. The van der Waals surface area contributed by atoms with Crippen molar-refractivity contribution in [3.63, 3.8) is 0 Å². The lowest BCUT2D eigenvalue weighted by atomic mass is 9.90. The smallest absolute Gasteiger partial charge is 0.224 e. The zero-order valence-electron chi connectivity index (χ0n) is 16.5. The quantitative estimate of drug-likeness (QED) is 0.713. The van der Waals surface area contributed by atoms with Crippen LogP contribution in [-0.2, 0) is 22.6 Å². The van der Waals surface area contributed by atoms with Gasteiger partial charge in [-0.3, -0.25) is 9.69 Å². The highest BCUT2D eigenvalue weighted by molar-refractivity contribution is 6.30. The Labute approximate surface area is 175 Å². The molecule has 29 heavy (non-hydrogen) atoms. The number of benzene rings is 1. The molecule has 0 N–H and O–H groups in total. The van der Waals surface area contributed by atoms with Crippen molar-refractivity contribution in [3.8, 4) is 0 Å². The first-order valence-electron chi connectivity index (χ1n) is 10.3. The average Bonchev–Trinajstić information content (AvgIpc) is 3.20. The molecule has 156 valence electrons. The van der Waals surface area contributed by atoms with E-state index < -0.39 is 0 Å². The normalized spacial score (nSPS) is 20.7. The monoisotopic (exact) mass is 418 g/mol. The number of ether oxygens (including phenoxy) is 1. The molecule has 0 radical (unpaired) electrons. The highest BCUT2D eigenvalue weighted by atomic mass is 35.5. The maximum Gasteiger partial charge on any atom is 0.224 e. The largest absolute Gasteiger partial charge is 0.379 e. The van der Waals surface area contributed by atoms with Crippen molar-refractivity contribution in [2.24, 2.45) is 0 Å². The molecule has 8 nitrogen and oxygen atoms in total. The molecule has 0 aliphatic carbocycles. The predicted molar refractivity (Wildman–Crippen MR) is 109 cm³/mol. The van der Waals surface area contributed by atoms with Crippen molar-refractivity contribution in [1.82, 2.24) is 30.0 Å². The van der Waals surface area contributed by atoms with Crippen LogP contribution in [0, 0.1) is 0 Å². The Morgan fingerprint density at radius 3 is 2.76 bits per heavy atom. The molecule has 9 heteroatoms. The minimum absolute atomic E-state index is 0.163. The highest BCUT2D eigenvalue weighted by Gasteiger charge is 2.25. The molecule has 2 aliphatic heterocycles. The summed E-state index contributed by atoms with van der Waals surface area (Å²) in [6, 6.07) is 7.98. The van der Waals surface area contributed by atoms with E-state index in [9.17, 15) is 4.79 Å². The number of piperidine rings is 1. The van der Waals surface area contributed by atoms with Crippen molar-refractivity contribution in [2.75, 3.05) is 39.4 Å². The summed E-state index contributed by atoms with van der Waals surface area (Å²) in [5, 5.41) is 12.8. The Morgan fingerprint density at radius 2 is 1.97 bits per heavy atom. The van der Waals surface area contributed by atoms with Gasteiger partial charge in [-0.2, -0.15) is 0 Å². The molecule has 1 amide bonds. The molecule has 3 heterocycles. The second-order valence-corrected chi connectivity index (χ2v) is 8.12.